The Morgan fingerprint density at radius 3 is 2.14 bits per heavy atom. The summed E-state index contributed by atoms with van der Waals surface area (Å²) in [7, 11) is -1.60. The quantitative estimate of drug-likeness (QED) is 0.508. The summed E-state index contributed by atoms with van der Waals surface area (Å²) in [5.74, 6) is -1.55. The third kappa shape index (κ3) is 7.50. The number of hydrogen-bond donors (Lipinski definition) is 1. The molecule has 0 saturated carbocycles. The standard InChI is InChI=1S/C25H35FN4O4S/c1-18(2)15-27-25(32)20(4)29(16-21-13-11-19(3)12-14-21)24(31)17-30(35(33,34)28(5)6)23-10-8-7-9-22(23)26/h7-14,18,20H,15-17H2,1-6H3,(H,27,32)/t20-/m1/s1. The Balaban J connectivity index is 2.44. The lowest BCUT2D eigenvalue weighted by molar-refractivity contribution is -0.139. The summed E-state index contributed by atoms with van der Waals surface area (Å²) in [5.41, 5.74) is 1.57. The maximum absolute atomic E-state index is 14.6. The van der Waals surface area contributed by atoms with E-state index >= 15 is 0 Å². The molecule has 192 valence electrons. The molecule has 0 spiro atoms. The van der Waals surface area contributed by atoms with Gasteiger partial charge in [0.25, 0.3) is 0 Å². The molecule has 0 heterocycles. The van der Waals surface area contributed by atoms with Crippen LogP contribution < -0.4 is 9.62 Å². The number of benzene rings is 2. The first-order valence-corrected chi connectivity index (χ1v) is 12.8. The number of anilines is 1. The minimum absolute atomic E-state index is 0.0858. The lowest BCUT2D eigenvalue weighted by Gasteiger charge is -2.33. The minimum atomic E-state index is -4.21. The number of carbonyl (C=O) groups excluding carboxylic acids is 2. The summed E-state index contributed by atoms with van der Waals surface area (Å²) in [6.45, 7) is 7.30. The molecule has 0 radical (unpaired) electrons. The molecule has 2 amide bonds. The highest BCUT2D eigenvalue weighted by Gasteiger charge is 2.33. The Morgan fingerprint density at radius 2 is 1.60 bits per heavy atom. The normalized spacial score (nSPS) is 12.5. The van der Waals surface area contributed by atoms with Gasteiger partial charge in [-0.3, -0.25) is 9.59 Å². The number of nitrogens with one attached hydrogen (secondary N) is 1. The molecule has 1 N–H and O–H groups in total. The van der Waals surface area contributed by atoms with Gasteiger partial charge in [0.15, 0.2) is 0 Å². The van der Waals surface area contributed by atoms with Crippen LogP contribution in [-0.2, 0) is 26.3 Å². The Labute approximate surface area is 207 Å². The van der Waals surface area contributed by atoms with E-state index in [-0.39, 0.29) is 24.1 Å². The van der Waals surface area contributed by atoms with Crippen LogP contribution in [0.2, 0.25) is 0 Å². The highest BCUT2D eigenvalue weighted by Crippen LogP contribution is 2.24. The molecule has 0 saturated heterocycles. The number of nitrogens with zero attached hydrogens (tertiary/aromatic N) is 3. The van der Waals surface area contributed by atoms with Gasteiger partial charge in [-0.1, -0.05) is 55.8 Å². The molecule has 0 aliphatic carbocycles. The fourth-order valence-electron chi connectivity index (χ4n) is 3.28. The molecule has 0 fully saturated rings. The van der Waals surface area contributed by atoms with Gasteiger partial charge in [0.05, 0.1) is 5.69 Å². The van der Waals surface area contributed by atoms with Crippen molar-refractivity contribution in [2.24, 2.45) is 5.92 Å². The van der Waals surface area contributed by atoms with Crippen LogP contribution in [0.1, 0.15) is 31.9 Å². The van der Waals surface area contributed by atoms with Crippen molar-refractivity contribution >= 4 is 27.7 Å². The van der Waals surface area contributed by atoms with Crippen molar-refractivity contribution in [3.8, 4) is 0 Å². The molecule has 2 rings (SSSR count). The summed E-state index contributed by atoms with van der Waals surface area (Å²) < 4.78 is 42.4. The van der Waals surface area contributed by atoms with Crippen LogP contribution in [-0.4, -0.2) is 62.7 Å². The Hall–Kier alpha value is -2.98. The second kappa shape index (κ2) is 12.1. The van der Waals surface area contributed by atoms with Crippen LogP contribution in [0.3, 0.4) is 0 Å². The third-order valence-corrected chi connectivity index (χ3v) is 7.27. The number of halogens is 1. The second-order valence-corrected chi connectivity index (χ2v) is 11.1. The van der Waals surface area contributed by atoms with Gasteiger partial charge in [0, 0.05) is 27.2 Å². The van der Waals surface area contributed by atoms with Crippen LogP contribution in [0.4, 0.5) is 10.1 Å². The van der Waals surface area contributed by atoms with Crippen LogP contribution in [0.15, 0.2) is 48.5 Å². The average molecular weight is 507 g/mol. The Morgan fingerprint density at radius 1 is 1.00 bits per heavy atom. The minimum Gasteiger partial charge on any atom is -0.354 e. The van der Waals surface area contributed by atoms with Gasteiger partial charge < -0.3 is 10.2 Å². The molecule has 0 unspecified atom stereocenters. The van der Waals surface area contributed by atoms with Crippen molar-refractivity contribution in [3.05, 3.63) is 65.5 Å². The Bertz CT molecular complexity index is 1120. The lowest BCUT2D eigenvalue weighted by atomic mass is 10.1. The predicted molar refractivity (Wildman–Crippen MR) is 135 cm³/mol. The molecule has 10 heteroatoms. The predicted octanol–water partition coefficient (Wildman–Crippen LogP) is 2.94. The van der Waals surface area contributed by atoms with Crippen LogP contribution >= 0.6 is 0 Å². The molecular formula is C25H35FN4O4S. The van der Waals surface area contributed by atoms with E-state index in [1.54, 1.807) is 6.92 Å². The van der Waals surface area contributed by atoms with Gasteiger partial charge in [-0.15, -0.1) is 0 Å². The smallest absolute Gasteiger partial charge is 0.304 e. The first-order chi connectivity index (χ1) is 16.3. The number of rotatable bonds is 11. The van der Waals surface area contributed by atoms with Crippen molar-refractivity contribution in [1.29, 1.82) is 0 Å². The molecule has 2 aromatic rings. The van der Waals surface area contributed by atoms with Gasteiger partial charge in [-0.2, -0.15) is 12.7 Å². The first kappa shape index (κ1) is 28.3. The number of para-hydroxylation sites is 1. The highest BCUT2D eigenvalue weighted by atomic mass is 32.2. The summed E-state index contributed by atoms with van der Waals surface area (Å²) in [4.78, 5) is 27.7. The van der Waals surface area contributed by atoms with Gasteiger partial charge in [0.2, 0.25) is 11.8 Å². The number of carbonyl (C=O) groups is 2. The van der Waals surface area contributed by atoms with Crippen molar-refractivity contribution < 1.29 is 22.4 Å². The SMILES string of the molecule is Cc1ccc(CN(C(=O)CN(c2ccccc2F)S(=O)(=O)N(C)C)[C@H](C)C(=O)NCC(C)C)cc1. The molecule has 1 atom stereocenters. The second-order valence-electron chi connectivity index (χ2n) is 9.07. The summed E-state index contributed by atoms with van der Waals surface area (Å²) >= 11 is 0. The zero-order valence-corrected chi connectivity index (χ0v) is 22.0. The van der Waals surface area contributed by atoms with E-state index in [2.05, 4.69) is 5.32 Å². The molecule has 0 aliphatic rings. The molecule has 0 bridgehead atoms. The summed E-state index contributed by atoms with van der Waals surface area (Å²) in [6, 6.07) is 12.0. The number of hydrogen-bond acceptors (Lipinski definition) is 4. The maximum Gasteiger partial charge on any atom is 0.304 e. The zero-order chi connectivity index (χ0) is 26.3. The van der Waals surface area contributed by atoms with Gasteiger partial charge in [-0.25, -0.2) is 8.70 Å². The van der Waals surface area contributed by atoms with Crippen molar-refractivity contribution in [1.82, 2.24) is 14.5 Å². The Kier molecular flexibility index (Phi) is 9.79. The molecule has 35 heavy (non-hydrogen) atoms. The maximum atomic E-state index is 14.6. The monoisotopic (exact) mass is 506 g/mol. The molecule has 2 aromatic carbocycles. The van der Waals surface area contributed by atoms with Crippen LogP contribution in [0.5, 0.6) is 0 Å². The first-order valence-electron chi connectivity index (χ1n) is 11.4. The average Bonchev–Trinajstić information content (AvgIpc) is 2.80. The van der Waals surface area contributed by atoms with Gasteiger partial charge >= 0.3 is 10.2 Å². The van der Waals surface area contributed by atoms with E-state index in [0.717, 1.165) is 25.8 Å². The topological polar surface area (TPSA) is 90.0 Å². The van der Waals surface area contributed by atoms with E-state index in [1.165, 1.54) is 37.2 Å². The van der Waals surface area contributed by atoms with Crippen molar-refractivity contribution in [2.45, 2.75) is 40.3 Å². The zero-order valence-electron chi connectivity index (χ0n) is 21.2. The fraction of sp³-hybridized carbons (Fsp3) is 0.440. The van der Waals surface area contributed by atoms with Crippen LogP contribution in [0, 0.1) is 18.7 Å². The summed E-state index contributed by atoms with van der Waals surface area (Å²) in [6.07, 6.45) is 0. The van der Waals surface area contributed by atoms with Crippen LogP contribution in [0.25, 0.3) is 0 Å². The third-order valence-electron chi connectivity index (χ3n) is 5.47. The van der Waals surface area contributed by atoms with E-state index in [9.17, 15) is 22.4 Å². The molecule has 0 aromatic heterocycles. The lowest BCUT2D eigenvalue weighted by Crippen LogP contribution is -2.52. The summed E-state index contributed by atoms with van der Waals surface area (Å²) in [5, 5.41) is 2.82. The van der Waals surface area contributed by atoms with E-state index in [0.29, 0.717) is 6.54 Å². The van der Waals surface area contributed by atoms with Crippen molar-refractivity contribution in [2.75, 3.05) is 31.5 Å². The van der Waals surface area contributed by atoms with E-state index in [4.69, 9.17) is 0 Å². The molecule has 0 aliphatic heterocycles. The van der Waals surface area contributed by atoms with E-state index < -0.39 is 34.5 Å². The number of amides is 2. The largest absolute Gasteiger partial charge is 0.354 e. The van der Waals surface area contributed by atoms with Gasteiger partial charge in [0.1, 0.15) is 18.4 Å². The van der Waals surface area contributed by atoms with E-state index in [1.807, 2.05) is 45.0 Å². The van der Waals surface area contributed by atoms with Gasteiger partial charge in [-0.05, 0) is 37.5 Å². The molecule has 8 nitrogen and oxygen atoms in total. The fourth-order valence-corrected chi connectivity index (χ4v) is 4.35. The van der Waals surface area contributed by atoms with Crippen molar-refractivity contribution in [3.63, 3.8) is 0 Å². The number of aryl methyl sites for hydroxylation is 1. The molecular weight excluding hydrogens is 471 g/mol. The highest BCUT2D eigenvalue weighted by molar-refractivity contribution is 7.90.